The number of fused-ring (bicyclic) bond motifs is 2. The maximum absolute atomic E-state index is 14.5. The molecule has 2 aromatic carbocycles. The molecule has 0 saturated carbocycles. The van der Waals surface area contributed by atoms with Crippen molar-refractivity contribution < 1.29 is 24.2 Å². The largest absolute Gasteiger partial charge is 0.497 e. The third-order valence-electron chi connectivity index (χ3n) is 9.68. The molecular weight excluding hydrogens is 532 g/mol. The van der Waals surface area contributed by atoms with Gasteiger partial charge in [0.2, 0.25) is 5.91 Å². The third kappa shape index (κ3) is 4.94. The van der Waals surface area contributed by atoms with Gasteiger partial charge in [0.25, 0.3) is 5.91 Å². The van der Waals surface area contributed by atoms with E-state index in [1.54, 1.807) is 18.1 Å². The lowest BCUT2D eigenvalue weighted by molar-refractivity contribution is -0.146. The SMILES string of the molecule is C=CCN1C(=O)[C@]2(O[C@H](CCO)[C@@H]([Si](C)(C)c3ccc(OC)cc3)[C@@H]2C)c2cc(N3CCCCCCC3=O)ccc21. The van der Waals surface area contributed by atoms with Gasteiger partial charge in [0.05, 0.1) is 27.0 Å². The zero-order valence-corrected chi connectivity index (χ0v) is 25.9. The van der Waals surface area contributed by atoms with Crippen molar-refractivity contribution in [2.24, 2.45) is 5.92 Å². The zero-order valence-electron chi connectivity index (χ0n) is 24.9. The Morgan fingerprint density at radius 2 is 1.85 bits per heavy atom. The fourth-order valence-corrected chi connectivity index (χ4v) is 11.7. The van der Waals surface area contributed by atoms with Crippen LogP contribution in [0.3, 0.4) is 0 Å². The van der Waals surface area contributed by atoms with Crippen molar-refractivity contribution in [3.8, 4) is 5.75 Å². The second-order valence-corrected chi connectivity index (χ2v) is 17.0. The lowest BCUT2D eigenvalue weighted by Crippen LogP contribution is -2.52. The minimum atomic E-state index is -2.25. The van der Waals surface area contributed by atoms with Gasteiger partial charge in [0.1, 0.15) is 5.75 Å². The van der Waals surface area contributed by atoms with Crippen molar-refractivity contribution in [3.63, 3.8) is 0 Å². The first-order valence-corrected chi connectivity index (χ1v) is 18.1. The maximum atomic E-state index is 14.5. The van der Waals surface area contributed by atoms with Crippen LogP contribution in [-0.4, -0.2) is 57.9 Å². The Labute approximate surface area is 245 Å². The van der Waals surface area contributed by atoms with E-state index in [0.717, 1.165) is 48.4 Å². The van der Waals surface area contributed by atoms with E-state index in [-0.39, 0.29) is 36.0 Å². The molecule has 2 fully saturated rings. The van der Waals surface area contributed by atoms with Crippen LogP contribution in [0.1, 0.15) is 51.0 Å². The Balaban J connectivity index is 1.62. The molecule has 3 aliphatic rings. The molecule has 5 rings (SSSR count). The number of nitrogens with zero attached hydrogens (tertiary/aromatic N) is 2. The molecule has 3 aliphatic heterocycles. The van der Waals surface area contributed by atoms with Crippen molar-refractivity contribution in [1.82, 2.24) is 0 Å². The minimum absolute atomic E-state index is 0.0171. The normalized spacial score (nSPS) is 26.7. The molecular formula is C33H44N2O5Si. The molecule has 0 unspecified atom stereocenters. The third-order valence-corrected chi connectivity index (χ3v) is 14.0. The van der Waals surface area contributed by atoms with E-state index in [1.165, 1.54) is 5.19 Å². The first-order chi connectivity index (χ1) is 19.7. The van der Waals surface area contributed by atoms with Crippen LogP contribution in [0.2, 0.25) is 18.6 Å². The summed E-state index contributed by atoms with van der Waals surface area (Å²) in [6.45, 7) is 11.8. The maximum Gasteiger partial charge on any atom is 0.264 e. The molecule has 2 saturated heterocycles. The van der Waals surface area contributed by atoms with Gasteiger partial charge in [0.15, 0.2) is 5.60 Å². The van der Waals surface area contributed by atoms with Crippen molar-refractivity contribution in [2.75, 3.05) is 36.6 Å². The van der Waals surface area contributed by atoms with Gasteiger partial charge in [0, 0.05) is 43.3 Å². The second-order valence-electron chi connectivity index (χ2n) is 12.3. The van der Waals surface area contributed by atoms with Crippen LogP contribution < -0.4 is 19.7 Å². The number of aliphatic hydroxyl groups is 1. The number of carbonyl (C=O) groups excluding carboxylic acids is 2. The molecule has 7 nitrogen and oxygen atoms in total. The number of carbonyl (C=O) groups is 2. The highest BCUT2D eigenvalue weighted by Crippen LogP contribution is 2.60. The smallest absolute Gasteiger partial charge is 0.264 e. The van der Waals surface area contributed by atoms with Gasteiger partial charge >= 0.3 is 0 Å². The number of anilines is 2. The summed E-state index contributed by atoms with van der Waals surface area (Å²) >= 11 is 0. The molecule has 2 amide bonds. The Kier molecular flexibility index (Phi) is 8.46. The molecule has 1 spiro atoms. The number of rotatable bonds is 8. The fraction of sp³-hybridized carbons (Fsp3) is 0.515. The zero-order chi connectivity index (χ0) is 29.4. The molecule has 0 aliphatic carbocycles. The van der Waals surface area contributed by atoms with Crippen molar-refractivity contribution in [1.29, 1.82) is 0 Å². The molecule has 8 heteroatoms. The topological polar surface area (TPSA) is 79.3 Å². The summed E-state index contributed by atoms with van der Waals surface area (Å²) in [4.78, 5) is 31.3. The Morgan fingerprint density at radius 3 is 2.54 bits per heavy atom. The fourth-order valence-electron chi connectivity index (χ4n) is 7.61. The number of amides is 2. The molecule has 220 valence electrons. The van der Waals surface area contributed by atoms with Crippen LogP contribution >= 0.6 is 0 Å². The van der Waals surface area contributed by atoms with E-state index in [2.05, 4.69) is 38.7 Å². The predicted octanol–water partition coefficient (Wildman–Crippen LogP) is 5.12. The van der Waals surface area contributed by atoms with Crippen LogP contribution in [0, 0.1) is 5.92 Å². The second kappa shape index (κ2) is 11.7. The summed E-state index contributed by atoms with van der Waals surface area (Å²) < 4.78 is 12.4. The molecule has 0 bridgehead atoms. The van der Waals surface area contributed by atoms with Crippen molar-refractivity contribution in [2.45, 2.75) is 75.8 Å². The summed E-state index contributed by atoms with van der Waals surface area (Å²) in [5.74, 6) is 0.711. The van der Waals surface area contributed by atoms with E-state index in [4.69, 9.17) is 9.47 Å². The van der Waals surface area contributed by atoms with Gasteiger partial charge in [-0.1, -0.05) is 56.3 Å². The predicted molar refractivity (Wildman–Crippen MR) is 166 cm³/mol. The van der Waals surface area contributed by atoms with E-state index in [1.807, 2.05) is 35.2 Å². The number of methoxy groups -OCH3 is 1. The first kappa shape index (κ1) is 29.5. The molecule has 0 aromatic heterocycles. The van der Waals surface area contributed by atoms with Crippen molar-refractivity contribution >= 4 is 36.4 Å². The Hall–Kier alpha value is -2.94. The molecule has 3 heterocycles. The first-order valence-electron chi connectivity index (χ1n) is 15.0. The standard InChI is InChI=1S/C33H44N2O5Si/c1-6-19-35-28-17-12-24(34-20-10-8-7-9-11-30(34)37)22-27(28)33(32(35)38)23(2)31(29(40-33)18-21-36)41(4,5)26-15-13-25(39-3)14-16-26/h6,12-17,22-23,29,31,36H,1,7-11,18-21H2,2-5H3/t23-,29+,31-,33+/m0/s1. The highest BCUT2D eigenvalue weighted by molar-refractivity contribution is 6.91. The van der Waals surface area contributed by atoms with E-state index in [9.17, 15) is 14.7 Å². The van der Waals surface area contributed by atoms with Crippen molar-refractivity contribution in [3.05, 3.63) is 60.7 Å². The lowest BCUT2D eigenvalue weighted by atomic mass is 9.82. The summed E-state index contributed by atoms with van der Waals surface area (Å²) in [6.07, 6.45) is 6.53. The Bertz CT molecular complexity index is 1300. The molecule has 2 aromatic rings. The van der Waals surface area contributed by atoms with Crippen LogP contribution in [0.15, 0.2) is 55.1 Å². The molecule has 41 heavy (non-hydrogen) atoms. The van der Waals surface area contributed by atoms with Gasteiger partial charge in [-0.2, -0.15) is 0 Å². The number of ether oxygens (including phenoxy) is 2. The van der Waals surface area contributed by atoms with Crippen LogP contribution in [0.25, 0.3) is 0 Å². The average Bonchev–Trinajstić information content (AvgIpc) is 3.38. The quantitative estimate of drug-likeness (QED) is 0.349. The monoisotopic (exact) mass is 576 g/mol. The van der Waals surface area contributed by atoms with Crippen LogP contribution in [-0.2, 0) is 19.9 Å². The molecule has 4 atom stereocenters. The van der Waals surface area contributed by atoms with Gasteiger partial charge in [-0.3, -0.25) is 9.59 Å². The van der Waals surface area contributed by atoms with Gasteiger partial charge < -0.3 is 24.4 Å². The van der Waals surface area contributed by atoms with E-state index in [0.29, 0.717) is 25.9 Å². The highest BCUT2D eigenvalue weighted by Gasteiger charge is 2.66. The number of hydrogen-bond acceptors (Lipinski definition) is 5. The van der Waals surface area contributed by atoms with Crippen LogP contribution in [0.5, 0.6) is 5.75 Å². The summed E-state index contributed by atoms with van der Waals surface area (Å²) in [7, 11) is -0.581. The minimum Gasteiger partial charge on any atom is -0.497 e. The van der Waals surface area contributed by atoms with Crippen LogP contribution in [0.4, 0.5) is 11.4 Å². The molecule has 0 radical (unpaired) electrons. The summed E-state index contributed by atoms with van der Waals surface area (Å²) in [6, 6.07) is 14.2. The van der Waals surface area contributed by atoms with Gasteiger partial charge in [-0.05, 0) is 55.1 Å². The lowest BCUT2D eigenvalue weighted by Gasteiger charge is -2.37. The average molecular weight is 577 g/mol. The number of hydrogen-bond donors (Lipinski definition) is 1. The highest BCUT2D eigenvalue weighted by atomic mass is 28.3. The van der Waals surface area contributed by atoms with Gasteiger partial charge in [-0.15, -0.1) is 6.58 Å². The van der Waals surface area contributed by atoms with Gasteiger partial charge in [-0.25, -0.2) is 0 Å². The number of aliphatic hydroxyl groups excluding tert-OH is 1. The number of benzene rings is 2. The summed E-state index contributed by atoms with van der Waals surface area (Å²) in [5, 5.41) is 11.4. The molecule has 1 N–H and O–H groups in total. The van der Waals surface area contributed by atoms with E-state index >= 15 is 0 Å². The summed E-state index contributed by atoms with van der Waals surface area (Å²) in [5.41, 5.74) is 1.34. The Morgan fingerprint density at radius 1 is 1.12 bits per heavy atom. The van der Waals surface area contributed by atoms with E-state index < -0.39 is 13.7 Å².